The van der Waals surface area contributed by atoms with Crippen LogP contribution < -0.4 is 16.4 Å². The Morgan fingerprint density at radius 3 is 2.44 bits per heavy atom. The van der Waals surface area contributed by atoms with E-state index in [9.17, 15) is 9.59 Å². The Bertz CT molecular complexity index is 506. The van der Waals surface area contributed by atoms with E-state index in [1.54, 1.807) is 0 Å². The summed E-state index contributed by atoms with van der Waals surface area (Å²) in [7, 11) is 1.52. The fraction of sp³-hybridized carbons (Fsp3) is 0.333. The molecule has 0 saturated heterocycles. The molecular formula is C12H17N3O2S. The maximum atomic E-state index is 11.8. The second-order valence-corrected chi connectivity index (χ2v) is 5.02. The molecule has 0 fully saturated rings. The molecule has 0 aliphatic heterocycles. The monoisotopic (exact) mass is 267 g/mol. The van der Waals surface area contributed by atoms with E-state index in [4.69, 9.17) is 5.73 Å². The first kappa shape index (κ1) is 14.2. The minimum Gasteiger partial charge on any atom is -0.397 e. The molecular weight excluding hydrogens is 250 g/mol. The molecule has 18 heavy (non-hydrogen) atoms. The van der Waals surface area contributed by atoms with E-state index in [1.807, 2.05) is 6.92 Å². The molecule has 1 aromatic heterocycles. The minimum atomic E-state index is -0.305. The van der Waals surface area contributed by atoms with Crippen LogP contribution in [0.1, 0.15) is 33.9 Å². The Morgan fingerprint density at radius 2 is 2.00 bits per heavy atom. The fourth-order valence-electron chi connectivity index (χ4n) is 1.41. The van der Waals surface area contributed by atoms with Gasteiger partial charge in [-0.1, -0.05) is 12.2 Å². The van der Waals surface area contributed by atoms with Crippen molar-refractivity contribution in [2.75, 3.05) is 24.6 Å². The number of carbonyl (C=O) groups is 2. The van der Waals surface area contributed by atoms with Gasteiger partial charge in [-0.25, -0.2) is 0 Å². The SMILES string of the molecule is C=C(C)CNc1sc(C(C)=O)c(N)c1C(=O)NC. The van der Waals surface area contributed by atoms with E-state index < -0.39 is 0 Å². The number of rotatable bonds is 5. The smallest absolute Gasteiger partial charge is 0.256 e. The van der Waals surface area contributed by atoms with Crippen molar-refractivity contribution in [3.8, 4) is 0 Å². The number of hydrogen-bond donors (Lipinski definition) is 3. The molecule has 0 spiro atoms. The quantitative estimate of drug-likeness (QED) is 0.562. The molecule has 4 N–H and O–H groups in total. The van der Waals surface area contributed by atoms with Gasteiger partial charge >= 0.3 is 0 Å². The summed E-state index contributed by atoms with van der Waals surface area (Å²) in [5, 5.41) is 6.18. The number of Topliss-reactive ketones (excluding diaryl/α,β-unsaturated/α-hetero) is 1. The van der Waals surface area contributed by atoms with Crippen LogP contribution in [0.4, 0.5) is 10.7 Å². The van der Waals surface area contributed by atoms with Crippen LogP contribution in [0.5, 0.6) is 0 Å². The summed E-state index contributed by atoms with van der Waals surface area (Å²) < 4.78 is 0. The molecule has 0 unspecified atom stereocenters. The minimum absolute atomic E-state index is 0.147. The van der Waals surface area contributed by atoms with Crippen LogP contribution in [0.2, 0.25) is 0 Å². The molecule has 5 nitrogen and oxygen atoms in total. The number of nitrogen functional groups attached to an aromatic ring is 1. The van der Waals surface area contributed by atoms with Crippen molar-refractivity contribution in [3.05, 3.63) is 22.6 Å². The molecule has 0 aliphatic carbocycles. The number of anilines is 2. The Labute approximate surface area is 110 Å². The topological polar surface area (TPSA) is 84.2 Å². The fourth-order valence-corrected chi connectivity index (χ4v) is 2.42. The van der Waals surface area contributed by atoms with Gasteiger partial charge in [-0.2, -0.15) is 0 Å². The third-order valence-electron chi connectivity index (χ3n) is 2.27. The van der Waals surface area contributed by atoms with Crippen molar-refractivity contribution < 1.29 is 9.59 Å². The van der Waals surface area contributed by atoms with Gasteiger partial charge in [-0.3, -0.25) is 9.59 Å². The summed E-state index contributed by atoms with van der Waals surface area (Å²) in [6.07, 6.45) is 0. The van der Waals surface area contributed by atoms with E-state index in [0.29, 0.717) is 22.0 Å². The number of nitrogens with two attached hydrogens (primary N) is 1. The predicted octanol–water partition coefficient (Wildman–Crippen LogP) is 1.88. The predicted molar refractivity (Wildman–Crippen MR) is 75.4 cm³/mol. The molecule has 1 amide bonds. The summed E-state index contributed by atoms with van der Waals surface area (Å²) in [5.74, 6) is -0.452. The summed E-state index contributed by atoms with van der Waals surface area (Å²) in [4.78, 5) is 23.6. The molecule has 0 saturated carbocycles. The Balaban J connectivity index is 3.21. The number of amides is 1. The number of hydrogen-bond acceptors (Lipinski definition) is 5. The summed E-state index contributed by atoms with van der Waals surface area (Å²) in [6, 6.07) is 0. The summed E-state index contributed by atoms with van der Waals surface area (Å²) >= 11 is 1.19. The molecule has 0 aliphatic rings. The maximum absolute atomic E-state index is 11.8. The van der Waals surface area contributed by atoms with E-state index >= 15 is 0 Å². The lowest BCUT2D eigenvalue weighted by Gasteiger charge is -2.06. The lowest BCUT2D eigenvalue weighted by atomic mass is 10.2. The third-order valence-corrected chi connectivity index (χ3v) is 3.53. The number of nitrogens with one attached hydrogen (secondary N) is 2. The Morgan fingerprint density at radius 1 is 1.39 bits per heavy atom. The van der Waals surface area contributed by atoms with Crippen LogP contribution in [0.15, 0.2) is 12.2 Å². The van der Waals surface area contributed by atoms with E-state index in [0.717, 1.165) is 5.57 Å². The van der Waals surface area contributed by atoms with Gasteiger partial charge in [0.2, 0.25) is 0 Å². The Hall–Kier alpha value is -1.82. The summed E-state index contributed by atoms with van der Waals surface area (Å²) in [6.45, 7) is 7.60. The molecule has 0 bridgehead atoms. The number of carbonyl (C=O) groups excluding carboxylic acids is 2. The number of thiophene rings is 1. The largest absolute Gasteiger partial charge is 0.397 e. The van der Waals surface area contributed by atoms with E-state index in [-0.39, 0.29) is 17.4 Å². The van der Waals surface area contributed by atoms with Crippen LogP contribution in [-0.2, 0) is 0 Å². The summed E-state index contributed by atoms with van der Waals surface area (Å²) in [5.41, 5.74) is 7.34. The molecule has 0 atom stereocenters. The molecule has 1 heterocycles. The first-order valence-corrected chi connectivity index (χ1v) is 6.23. The van der Waals surface area contributed by atoms with Crippen LogP contribution in [0.25, 0.3) is 0 Å². The van der Waals surface area contributed by atoms with Crippen molar-refractivity contribution in [3.63, 3.8) is 0 Å². The van der Waals surface area contributed by atoms with Gasteiger partial charge in [-0.15, -0.1) is 11.3 Å². The van der Waals surface area contributed by atoms with Crippen molar-refractivity contribution >= 4 is 33.7 Å². The first-order valence-electron chi connectivity index (χ1n) is 5.42. The highest BCUT2D eigenvalue weighted by molar-refractivity contribution is 7.19. The van der Waals surface area contributed by atoms with Gasteiger partial charge in [0, 0.05) is 20.5 Å². The van der Waals surface area contributed by atoms with Gasteiger partial charge in [0.25, 0.3) is 5.91 Å². The molecule has 6 heteroatoms. The second kappa shape index (κ2) is 5.68. The Kier molecular flexibility index (Phi) is 4.49. The van der Waals surface area contributed by atoms with Crippen LogP contribution in [0, 0.1) is 0 Å². The lowest BCUT2D eigenvalue weighted by molar-refractivity contribution is 0.0965. The van der Waals surface area contributed by atoms with Gasteiger partial charge in [0.15, 0.2) is 5.78 Å². The zero-order valence-electron chi connectivity index (χ0n) is 10.7. The van der Waals surface area contributed by atoms with Gasteiger partial charge in [-0.05, 0) is 6.92 Å². The molecule has 0 aromatic carbocycles. The molecule has 1 rings (SSSR count). The highest BCUT2D eigenvalue weighted by Gasteiger charge is 2.23. The third kappa shape index (κ3) is 2.89. The standard InChI is InChI=1S/C12H17N3O2S/c1-6(2)5-15-12-8(11(17)14-4)9(13)10(18-12)7(3)16/h15H,1,5,13H2,2-4H3,(H,14,17). The zero-order valence-corrected chi connectivity index (χ0v) is 11.5. The second-order valence-electron chi connectivity index (χ2n) is 3.99. The van der Waals surface area contributed by atoms with Crippen molar-refractivity contribution in [1.82, 2.24) is 5.32 Å². The number of ketones is 1. The van der Waals surface area contributed by atoms with Crippen LogP contribution >= 0.6 is 11.3 Å². The van der Waals surface area contributed by atoms with Crippen LogP contribution in [-0.4, -0.2) is 25.3 Å². The van der Waals surface area contributed by atoms with Gasteiger partial charge < -0.3 is 16.4 Å². The highest BCUT2D eigenvalue weighted by Crippen LogP contribution is 2.36. The highest BCUT2D eigenvalue weighted by atomic mass is 32.1. The van der Waals surface area contributed by atoms with Crippen molar-refractivity contribution in [2.45, 2.75) is 13.8 Å². The van der Waals surface area contributed by atoms with Crippen molar-refractivity contribution in [1.29, 1.82) is 0 Å². The van der Waals surface area contributed by atoms with Crippen molar-refractivity contribution in [2.24, 2.45) is 0 Å². The lowest BCUT2D eigenvalue weighted by Crippen LogP contribution is -2.20. The average Bonchev–Trinajstić information content (AvgIpc) is 2.63. The van der Waals surface area contributed by atoms with Gasteiger partial charge in [0.1, 0.15) is 5.00 Å². The molecule has 1 aromatic rings. The average molecular weight is 267 g/mol. The van der Waals surface area contributed by atoms with E-state index in [2.05, 4.69) is 17.2 Å². The first-order chi connectivity index (χ1) is 8.38. The van der Waals surface area contributed by atoms with E-state index in [1.165, 1.54) is 25.3 Å². The maximum Gasteiger partial charge on any atom is 0.256 e. The zero-order chi connectivity index (χ0) is 13.9. The van der Waals surface area contributed by atoms with Crippen LogP contribution in [0.3, 0.4) is 0 Å². The molecule has 98 valence electrons. The molecule has 0 radical (unpaired) electrons. The normalized spacial score (nSPS) is 9.94. The van der Waals surface area contributed by atoms with Gasteiger partial charge in [0.05, 0.1) is 16.1 Å².